The van der Waals surface area contributed by atoms with Gasteiger partial charge < -0.3 is 19.9 Å². The van der Waals surface area contributed by atoms with Gasteiger partial charge in [0.15, 0.2) is 12.1 Å². The molecule has 0 saturated carbocycles. The van der Waals surface area contributed by atoms with Crippen molar-refractivity contribution < 1.29 is 19.0 Å². The lowest BCUT2D eigenvalue weighted by molar-refractivity contribution is -0.0367. The van der Waals surface area contributed by atoms with Gasteiger partial charge >= 0.3 is 0 Å². The fourth-order valence-corrected chi connectivity index (χ4v) is 5.43. The van der Waals surface area contributed by atoms with E-state index in [-0.39, 0.29) is 24.6 Å². The summed E-state index contributed by atoms with van der Waals surface area (Å²) in [7, 11) is 0. The van der Waals surface area contributed by atoms with Crippen LogP contribution in [0.15, 0.2) is 48.9 Å². The molecular weight excluding hydrogens is 568 g/mol. The molecule has 11 heteroatoms. The van der Waals surface area contributed by atoms with Crippen molar-refractivity contribution in [3.63, 3.8) is 0 Å². The lowest BCUT2D eigenvalue weighted by atomic mass is 10.1. The van der Waals surface area contributed by atoms with Crippen LogP contribution in [0.2, 0.25) is 10.0 Å². The Morgan fingerprint density at radius 2 is 2.00 bits per heavy atom. The molecule has 2 N–H and O–H groups in total. The van der Waals surface area contributed by atoms with Gasteiger partial charge in [-0.1, -0.05) is 29.3 Å². The largest absolute Gasteiger partial charge is 0.486 e. The molecule has 41 heavy (non-hydrogen) atoms. The molecule has 0 amide bonds. The molecule has 4 aromatic rings. The zero-order valence-corrected chi connectivity index (χ0v) is 24.4. The number of ether oxygens (including phenoxy) is 2. The summed E-state index contributed by atoms with van der Waals surface area (Å²) in [5.74, 6) is 0.0132. The number of benzene rings is 1. The molecule has 1 fully saturated rings. The predicted octanol–water partition coefficient (Wildman–Crippen LogP) is 6.91. The highest BCUT2D eigenvalue weighted by Gasteiger charge is 2.24. The van der Waals surface area contributed by atoms with Crippen molar-refractivity contribution in [3.8, 4) is 5.75 Å². The minimum atomic E-state index is -0.503. The van der Waals surface area contributed by atoms with Crippen molar-refractivity contribution in [1.82, 2.24) is 25.1 Å². The standard InChI is InChI=1S/C30H32Cl2FN5O3/c1-18(17-39)35-14-21-7-6-20(13-36-21)11-26(33)30-23-12-22(41-19(2)29-24(31)15-34-16-25(29)32)8-9-27(23)38(37-30)28-5-3-4-10-40-28/h6-9,11-13,15-16,18-19,28,35,39H,3-5,10,14,17H2,1-2H3/b26-11-/t18-,19?,28?/m0/s1. The van der Waals surface area contributed by atoms with E-state index >= 15 is 4.39 Å². The van der Waals surface area contributed by atoms with Crippen LogP contribution in [0.1, 0.15) is 68.0 Å². The predicted molar refractivity (Wildman–Crippen MR) is 158 cm³/mol. The van der Waals surface area contributed by atoms with Gasteiger partial charge in [-0.25, -0.2) is 9.07 Å². The van der Waals surface area contributed by atoms with Crippen molar-refractivity contribution in [1.29, 1.82) is 0 Å². The summed E-state index contributed by atoms with van der Waals surface area (Å²) >= 11 is 12.7. The van der Waals surface area contributed by atoms with Crippen molar-refractivity contribution in [2.24, 2.45) is 0 Å². The topological polar surface area (TPSA) is 94.3 Å². The molecule has 1 aliphatic heterocycles. The summed E-state index contributed by atoms with van der Waals surface area (Å²) in [6.07, 6.45) is 8.11. The lowest BCUT2D eigenvalue weighted by Crippen LogP contribution is -2.28. The lowest BCUT2D eigenvalue weighted by Gasteiger charge is -2.23. The van der Waals surface area contributed by atoms with Gasteiger partial charge in [0.05, 0.1) is 27.9 Å². The van der Waals surface area contributed by atoms with Crippen molar-refractivity contribution in [3.05, 3.63) is 81.5 Å². The van der Waals surface area contributed by atoms with Crippen LogP contribution in [0.4, 0.5) is 4.39 Å². The van der Waals surface area contributed by atoms with Crippen LogP contribution in [0.5, 0.6) is 5.75 Å². The van der Waals surface area contributed by atoms with Crippen molar-refractivity contribution >= 4 is 46.0 Å². The number of aliphatic hydroxyl groups excluding tert-OH is 1. The maximum absolute atomic E-state index is 15.9. The Bertz CT molecular complexity index is 1500. The number of halogens is 3. The zero-order chi connectivity index (χ0) is 28.9. The van der Waals surface area contributed by atoms with Crippen LogP contribution in [0, 0.1) is 0 Å². The second-order valence-electron chi connectivity index (χ2n) is 10.1. The van der Waals surface area contributed by atoms with E-state index in [1.807, 2.05) is 32.0 Å². The fraction of sp³-hybridized carbons (Fsp3) is 0.367. The first-order chi connectivity index (χ1) is 19.8. The van der Waals surface area contributed by atoms with E-state index in [1.54, 1.807) is 23.0 Å². The van der Waals surface area contributed by atoms with Crippen LogP contribution in [0.25, 0.3) is 22.8 Å². The first-order valence-corrected chi connectivity index (χ1v) is 14.4. The molecule has 216 valence electrons. The molecule has 0 aliphatic carbocycles. The van der Waals surface area contributed by atoms with Gasteiger partial charge in [0.1, 0.15) is 17.5 Å². The normalized spacial score (nSPS) is 17.5. The van der Waals surface area contributed by atoms with E-state index in [4.69, 9.17) is 32.7 Å². The van der Waals surface area contributed by atoms with E-state index < -0.39 is 11.9 Å². The molecule has 0 radical (unpaired) electrons. The minimum Gasteiger partial charge on any atom is -0.486 e. The van der Waals surface area contributed by atoms with Crippen LogP contribution >= 0.6 is 23.2 Å². The van der Waals surface area contributed by atoms with Gasteiger partial charge in [-0.2, -0.15) is 5.10 Å². The van der Waals surface area contributed by atoms with Gasteiger partial charge in [0.25, 0.3) is 0 Å². The minimum absolute atomic E-state index is 0.0371. The Morgan fingerprint density at radius 3 is 2.68 bits per heavy atom. The first kappa shape index (κ1) is 29.4. The Labute approximate surface area is 248 Å². The van der Waals surface area contributed by atoms with E-state index in [0.29, 0.717) is 45.5 Å². The number of rotatable bonds is 10. The van der Waals surface area contributed by atoms with Gasteiger partial charge in [-0.05, 0) is 69.0 Å². The molecular formula is C30H32Cl2FN5O3. The molecule has 1 aromatic carbocycles. The summed E-state index contributed by atoms with van der Waals surface area (Å²) in [5.41, 5.74) is 2.94. The number of aromatic nitrogens is 4. The van der Waals surface area contributed by atoms with Gasteiger partial charge in [0, 0.05) is 48.7 Å². The van der Waals surface area contributed by atoms with Crippen LogP contribution in [0.3, 0.4) is 0 Å². The summed E-state index contributed by atoms with van der Waals surface area (Å²) in [6.45, 7) is 4.90. The molecule has 2 unspecified atom stereocenters. The van der Waals surface area contributed by atoms with E-state index in [1.165, 1.54) is 18.5 Å². The second-order valence-corrected chi connectivity index (χ2v) is 10.9. The average Bonchev–Trinajstić information content (AvgIpc) is 3.36. The molecule has 1 aliphatic rings. The van der Waals surface area contributed by atoms with Crippen molar-refractivity contribution in [2.45, 2.75) is 58.0 Å². The third kappa shape index (κ3) is 6.88. The highest BCUT2D eigenvalue weighted by molar-refractivity contribution is 6.35. The zero-order valence-electron chi connectivity index (χ0n) is 22.9. The molecule has 4 heterocycles. The van der Waals surface area contributed by atoms with Crippen LogP contribution in [-0.2, 0) is 11.3 Å². The highest BCUT2D eigenvalue weighted by Crippen LogP contribution is 2.37. The molecule has 3 aromatic heterocycles. The highest BCUT2D eigenvalue weighted by atomic mass is 35.5. The van der Waals surface area contributed by atoms with Crippen LogP contribution < -0.4 is 10.1 Å². The molecule has 0 spiro atoms. The van der Waals surface area contributed by atoms with Crippen LogP contribution in [-0.4, -0.2) is 44.1 Å². The van der Waals surface area contributed by atoms with E-state index in [9.17, 15) is 5.11 Å². The number of nitrogens with zero attached hydrogens (tertiary/aromatic N) is 4. The molecule has 5 rings (SSSR count). The van der Waals surface area contributed by atoms with E-state index in [0.717, 1.165) is 30.5 Å². The SMILES string of the molecule is CC(Oc1ccc2c(c1)c(/C(F)=C/c1ccc(CN[C@@H](C)CO)nc1)nn2C1CCCCO1)c1c(Cl)cncc1Cl. The first-order valence-electron chi connectivity index (χ1n) is 13.6. The van der Waals surface area contributed by atoms with E-state index in [2.05, 4.69) is 20.4 Å². The Morgan fingerprint density at radius 1 is 1.20 bits per heavy atom. The number of hydrogen-bond acceptors (Lipinski definition) is 7. The van der Waals surface area contributed by atoms with Gasteiger partial charge in [-0.3, -0.25) is 9.97 Å². The summed E-state index contributed by atoms with van der Waals surface area (Å²) in [6, 6.07) is 9.05. The summed E-state index contributed by atoms with van der Waals surface area (Å²) in [5, 5.41) is 18.4. The maximum Gasteiger partial charge on any atom is 0.151 e. The van der Waals surface area contributed by atoms with Gasteiger partial charge in [0.2, 0.25) is 0 Å². The third-order valence-electron chi connectivity index (χ3n) is 6.99. The quantitative estimate of drug-likeness (QED) is 0.204. The number of hydrogen-bond donors (Lipinski definition) is 2. The second kappa shape index (κ2) is 13.3. The maximum atomic E-state index is 15.9. The monoisotopic (exact) mass is 599 g/mol. The summed E-state index contributed by atoms with van der Waals surface area (Å²) < 4.78 is 29.8. The Hall–Kier alpha value is -3.08. The number of aliphatic hydroxyl groups is 1. The molecule has 1 saturated heterocycles. The third-order valence-corrected chi connectivity index (χ3v) is 7.59. The van der Waals surface area contributed by atoms with Crippen molar-refractivity contribution in [2.75, 3.05) is 13.2 Å². The average molecular weight is 601 g/mol. The van der Waals surface area contributed by atoms with Gasteiger partial charge in [-0.15, -0.1) is 0 Å². The fourth-order valence-electron chi connectivity index (χ4n) is 4.76. The number of nitrogens with one attached hydrogen (secondary N) is 1. The summed E-state index contributed by atoms with van der Waals surface area (Å²) in [4.78, 5) is 8.42. The number of pyridine rings is 2. The Balaban J connectivity index is 1.47. The Kier molecular flexibility index (Phi) is 9.52. The molecule has 3 atom stereocenters. The molecule has 0 bridgehead atoms. The molecule has 8 nitrogen and oxygen atoms in total. The smallest absolute Gasteiger partial charge is 0.151 e. The number of fused-ring (bicyclic) bond motifs is 1.